The van der Waals surface area contributed by atoms with Crippen molar-refractivity contribution in [3.63, 3.8) is 0 Å². The fraction of sp³-hybridized carbons (Fsp3) is 1.00. The Hall–Kier alpha value is -0.0800. The number of unbranched alkanes of at least 4 members (excludes halogenated alkanes) is 1. The van der Waals surface area contributed by atoms with Gasteiger partial charge in [-0.15, -0.1) is 0 Å². The smallest absolute Gasteiger partial charge is 0.0462 e. The van der Waals surface area contributed by atoms with E-state index in [1.165, 1.54) is 25.7 Å². The largest absolute Gasteiger partial charge is 0.385 e. The lowest BCUT2D eigenvalue weighted by Gasteiger charge is -2.25. The van der Waals surface area contributed by atoms with Crippen molar-refractivity contribution >= 4 is 0 Å². The Morgan fingerprint density at radius 3 is 2.33 bits per heavy atom. The normalized spacial score (nSPS) is 12.4. The van der Waals surface area contributed by atoms with E-state index in [9.17, 15) is 0 Å². The molecule has 0 bridgehead atoms. The van der Waals surface area contributed by atoms with Crippen molar-refractivity contribution in [1.29, 1.82) is 0 Å². The second-order valence-corrected chi connectivity index (χ2v) is 5.47. The number of nitrogens with one attached hydrogen (secondary N) is 1. The molecule has 0 amide bonds. The summed E-state index contributed by atoms with van der Waals surface area (Å²) >= 11 is 0. The summed E-state index contributed by atoms with van der Waals surface area (Å²) in [6.45, 7) is 11.2. The third-order valence-electron chi connectivity index (χ3n) is 2.81. The highest BCUT2D eigenvalue weighted by Gasteiger charge is 2.16. The van der Waals surface area contributed by atoms with Gasteiger partial charge in [0, 0.05) is 19.8 Å². The minimum absolute atomic E-state index is 0.468. The zero-order valence-electron chi connectivity index (χ0n) is 11.2. The monoisotopic (exact) mass is 215 g/mol. The van der Waals surface area contributed by atoms with Gasteiger partial charge in [0.2, 0.25) is 0 Å². The molecule has 0 saturated heterocycles. The Morgan fingerprint density at radius 2 is 1.80 bits per heavy atom. The molecule has 0 saturated carbocycles. The Labute approximate surface area is 95.8 Å². The summed E-state index contributed by atoms with van der Waals surface area (Å²) in [5.41, 5.74) is 0.468. The molecule has 0 aliphatic rings. The second kappa shape index (κ2) is 8.12. The van der Waals surface area contributed by atoms with Crippen LogP contribution in [0.5, 0.6) is 0 Å². The van der Waals surface area contributed by atoms with Gasteiger partial charge in [-0.1, -0.05) is 34.1 Å². The lowest BCUT2D eigenvalue weighted by Crippen LogP contribution is -2.27. The lowest BCUT2D eigenvalue weighted by atomic mass is 9.84. The maximum atomic E-state index is 5.06. The molecule has 0 atom stereocenters. The van der Waals surface area contributed by atoms with E-state index in [2.05, 4.69) is 33.0 Å². The summed E-state index contributed by atoms with van der Waals surface area (Å²) < 4.78 is 5.06. The van der Waals surface area contributed by atoms with Gasteiger partial charge in [-0.3, -0.25) is 0 Å². The highest BCUT2D eigenvalue weighted by Crippen LogP contribution is 2.26. The van der Waals surface area contributed by atoms with Crippen LogP contribution < -0.4 is 5.32 Å². The number of rotatable bonds is 9. The van der Waals surface area contributed by atoms with Crippen molar-refractivity contribution in [2.45, 2.75) is 59.4 Å². The molecule has 0 aliphatic carbocycles. The summed E-state index contributed by atoms with van der Waals surface area (Å²) in [6.07, 6.45) is 5.04. The maximum Gasteiger partial charge on any atom is 0.0462 e. The van der Waals surface area contributed by atoms with E-state index in [0.29, 0.717) is 11.5 Å². The molecule has 0 rings (SSSR count). The standard InChI is InChI=1S/C13H29NO/c1-12(2)14-10-9-13(3,4)8-6-7-11-15-5/h12,14H,6-11H2,1-5H3. The van der Waals surface area contributed by atoms with Crippen LogP contribution >= 0.6 is 0 Å². The topological polar surface area (TPSA) is 21.3 Å². The van der Waals surface area contributed by atoms with Crippen LogP contribution in [0.2, 0.25) is 0 Å². The first-order valence-electron chi connectivity index (χ1n) is 6.20. The van der Waals surface area contributed by atoms with Crippen molar-refractivity contribution in [3.8, 4) is 0 Å². The predicted octanol–water partition coefficient (Wildman–Crippen LogP) is 3.22. The van der Waals surface area contributed by atoms with Gasteiger partial charge < -0.3 is 10.1 Å². The highest BCUT2D eigenvalue weighted by molar-refractivity contribution is 4.70. The van der Waals surface area contributed by atoms with E-state index < -0.39 is 0 Å². The number of ether oxygens (including phenoxy) is 1. The summed E-state index contributed by atoms with van der Waals surface area (Å²) in [7, 11) is 1.78. The Kier molecular flexibility index (Phi) is 8.07. The molecule has 0 spiro atoms. The first-order valence-corrected chi connectivity index (χ1v) is 6.20. The first-order chi connectivity index (χ1) is 6.98. The molecule has 0 radical (unpaired) electrons. The molecule has 0 unspecified atom stereocenters. The molecule has 0 aromatic heterocycles. The van der Waals surface area contributed by atoms with Gasteiger partial charge in [-0.2, -0.15) is 0 Å². The van der Waals surface area contributed by atoms with Crippen LogP contribution in [0.4, 0.5) is 0 Å². The van der Waals surface area contributed by atoms with Crippen LogP contribution in [-0.4, -0.2) is 26.3 Å². The third-order valence-corrected chi connectivity index (χ3v) is 2.81. The molecule has 0 aromatic carbocycles. The molecule has 15 heavy (non-hydrogen) atoms. The van der Waals surface area contributed by atoms with Crippen molar-refractivity contribution in [3.05, 3.63) is 0 Å². The summed E-state index contributed by atoms with van der Waals surface area (Å²) in [4.78, 5) is 0. The van der Waals surface area contributed by atoms with Gasteiger partial charge in [0.15, 0.2) is 0 Å². The van der Waals surface area contributed by atoms with E-state index in [1.807, 2.05) is 0 Å². The molecule has 1 N–H and O–H groups in total. The van der Waals surface area contributed by atoms with Crippen molar-refractivity contribution in [2.24, 2.45) is 5.41 Å². The molecule has 0 aliphatic heterocycles. The van der Waals surface area contributed by atoms with Crippen LogP contribution in [0, 0.1) is 5.41 Å². The van der Waals surface area contributed by atoms with Gasteiger partial charge in [0.25, 0.3) is 0 Å². The molecule has 2 nitrogen and oxygen atoms in total. The average molecular weight is 215 g/mol. The van der Waals surface area contributed by atoms with Crippen molar-refractivity contribution in [2.75, 3.05) is 20.3 Å². The summed E-state index contributed by atoms with van der Waals surface area (Å²) in [5.74, 6) is 0. The Morgan fingerprint density at radius 1 is 1.13 bits per heavy atom. The Bertz CT molecular complexity index is 143. The molecular weight excluding hydrogens is 186 g/mol. The molecule has 0 fully saturated rings. The fourth-order valence-electron chi connectivity index (χ4n) is 1.67. The van der Waals surface area contributed by atoms with Gasteiger partial charge >= 0.3 is 0 Å². The Balaban J connectivity index is 3.48. The van der Waals surface area contributed by atoms with Gasteiger partial charge in [0.1, 0.15) is 0 Å². The average Bonchev–Trinajstić information content (AvgIpc) is 2.11. The van der Waals surface area contributed by atoms with E-state index >= 15 is 0 Å². The summed E-state index contributed by atoms with van der Waals surface area (Å²) in [6, 6.07) is 0.606. The SMILES string of the molecule is COCCCCC(C)(C)CCNC(C)C. The molecule has 0 heterocycles. The van der Waals surface area contributed by atoms with Crippen LogP contribution in [0.3, 0.4) is 0 Å². The maximum absolute atomic E-state index is 5.06. The van der Waals surface area contributed by atoms with Crippen LogP contribution in [0.25, 0.3) is 0 Å². The van der Waals surface area contributed by atoms with Crippen LogP contribution in [-0.2, 0) is 4.74 Å². The fourth-order valence-corrected chi connectivity index (χ4v) is 1.67. The molecule has 0 aromatic rings. The first kappa shape index (κ1) is 14.9. The quantitative estimate of drug-likeness (QED) is 0.596. The molecular formula is C13H29NO. The minimum atomic E-state index is 0.468. The summed E-state index contributed by atoms with van der Waals surface area (Å²) in [5, 5.41) is 3.48. The number of hydrogen-bond acceptors (Lipinski definition) is 2. The second-order valence-electron chi connectivity index (χ2n) is 5.47. The minimum Gasteiger partial charge on any atom is -0.385 e. The van der Waals surface area contributed by atoms with E-state index in [0.717, 1.165) is 13.2 Å². The van der Waals surface area contributed by atoms with E-state index in [-0.39, 0.29) is 0 Å². The molecule has 2 heteroatoms. The third kappa shape index (κ3) is 10.2. The van der Waals surface area contributed by atoms with E-state index in [1.54, 1.807) is 7.11 Å². The van der Waals surface area contributed by atoms with Gasteiger partial charge in [-0.25, -0.2) is 0 Å². The zero-order chi connectivity index (χ0) is 11.7. The highest BCUT2D eigenvalue weighted by atomic mass is 16.5. The van der Waals surface area contributed by atoms with Gasteiger partial charge in [-0.05, 0) is 31.2 Å². The number of hydrogen-bond donors (Lipinski definition) is 1. The number of methoxy groups -OCH3 is 1. The zero-order valence-corrected chi connectivity index (χ0v) is 11.2. The molecule has 92 valence electrons. The predicted molar refractivity (Wildman–Crippen MR) is 67.3 cm³/mol. The van der Waals surface area contributed by atoms with Crippen molar-refractivity contribution in [1.82, 2.24) is 5.32 Å². The van der Waals surface area contributed by atoms with Crippen LogP contribution in [0.15, 0.2) is 0 Å². The van der Waals surface area contributed by atoms with E-state index in [4.69, 9.17) is 4.74 Å². The lowest BCUT2D eigenvalue weighted by molar-refractivity contribution is 0.184. The van der Waals surface area contributed by atoms with Crippen LogP contribution in [0.1, 0.15) is 53.4 Å². The van der Waals surface area contributed by atoms with Crippen molar-refractivity contribution < 1.29 is 4.74 Å². The van der Waals surface area contributed by atoms with Gasteiger partial charge in [0.05, 0.1) is 0 Å².